The third kappa shape index (κ3) is 5.82. The topological polar surface area (TPSA) is 41.6 Å². The highest BCUT2D eigenvalue weighted by atomic mass is 16.5. The molecule has 146 valence electrons. The normalized spacial score (nSPS) is 23.4. The molecular weight excluding hydrogens is 324 g/mol. The molecule has 0 bridgehead atoms. The van der Waals surface area contributed by atoms with E-state index in [0.29, 0.717) is 12.3 Å². The van der Waals surface area contributed by atoms with Crippen LogP contribution in [0.25, 0.3) is 0 Å². The standard InChI is InChI=1S/C22H36N2O2/c1-17(2)20-15-22(11-14-26-20,19-9-7-18(3)8-10-19)16-21(25)23-12-6-13-24(4)5/h7-10,17,20H,6,11-16H2,1-5H3,(H,23,25)/t20-,22+/m1/s1. The lowest BCUT2D eigenvalue weighted by Gasteiger charge is -2.42. The molecule has 0 aromatic heterocycles. The molecule has 1 amide bonds. The van der Waals surface area contributed by atoms with Crippen LogP contribution in [0, 0.1) is 12.8 Å². The molecule has 0 unspecified atom stereocenters. The Kier molecular flexibility index (Phi) is 7.66. The molecule has 1 heterocycles. The molecule has 1 aliphatic rings. The van der Waals surface area contributed by atoms with Gasteiger partial charge in [-0.3, -0.25) is 4.79 Å². The second-order valence-corrected chi connectivity index (χ2v) is 8.44. The van der Waals surface area contributed by atoms with Crippen molar-refractivity contribution in [1.29, 1.82) is 0 Å². The number of nitrogens with zero attached hydrogens (tertiary/aromatic N) is 1. The first-order valence-electron chi connectivity index (χ1n) is 9.92. The Morgan fingerprint density at radius 2 is 2.00 bits per heavy atom. The molecule has 1 fully saturated rings. The molecule has 0 spiro atoms. The van der Waals surface area contributed by atoms with Crippen LogP contribution in [-0.2, 0) is 14.9 Å². The van der Waals surface area contributed by atoms with E-state index >= 15 is 0 Å². The lowest BCUT2D eigenvalue weighted by Crippen LogP contribution is -2.44. The van der Waals surface area contributed by atoms with Crippen molar-refractivity contribution in [3.05, 3.63) is 35.4 Å². The summed E-state index contributed by atoms with van der Waals surface area (Å²) >= 11 is 0. The number of carbonyl (C=O) groups is 1. The van der Waals surface area contributed by atoms with Crippen LogP contribution >= 0.6 is 0 Å². The third-order valence-electron chi connectivity index (χ3n) is 5.52. The van der Waals surface area contributed by atoms with Gasteiger partial charge in [0.15, 0.2) is 0 Å². The van der Waals surface area contributed by atoms with Crippen molar-refractivity contribution in [2.24, 2.45) is 5.92 Å². The minimum atomic E-state index is -0.119. The molecule has 1 aromatic carbocycles. The van der Waals surface area contributed by atoms with Gasteiger partial charge in [0.2, 0.25) is 5.91 Å². The summed E-state index contributed by atoms with van der Waals surface area (Å²) < 4.78 is 6.01. The van der Waals surface area contributed by atoms with Crippen molar-refractivity contribution >= 4 is 5.91 Å². The van der Waals surface area contributed by atoms with Gasteiger partial charge in [0.25, 0.3) is 0 Å². The van der Waals surface area contributed by atoms with Gasteiger partial charge in [-0.1, -0.05) is 43.7 Å². The van der Waals surface area contributed by atoms with Gasteiger partial charge >= 0.3 is 0 Å². The Bertz CT molecular complexity index is 568. The summed E-state index contributed by atoms with van der Waals surface area (Å²) in [4.78, 5) is 14.9. The molecule has 0 radical (unpaired) electrons. The first-order valence-corrected chi connectivity index (χ1v) is 9.92. The summed E-state index contributed by atoms with van der Waals surface area (Å²) in [6.07, 6.45) is 3.56. The number of amides is 1. The van der Waals surface area contributed by atoms with Crippen molar-refractivity contribution in [3.63, 3.8) is 0 Å². The smallest absolute Gasteiger partial charge is 0.220 e. The van der Waals surface area contributed by atoms with Crippen LogP contribution < -0.4 is 5.32 Å². The zero-order chi connectivity index (χ0) is 19.2. The van der Waals surface area contributed by atoms with Crippen LogP contribution in [0.15, 0.2) is 24.3 Å². The molecule has 4 heteroatoms. The van der Waals surface area contributed by atoms with Gasteiger partial charge in [-0.05, 0) is 58.3 Å². The number of benzene rings is 1. The molecule has 1 aromatic rings. The number of hydrogen-bond donors (Lipinski definition) is 1. The van der Waals surface area contributed by atoms with Crippen LogP contribution in [0.5, 0.6) is 0 Å². The van der Waals surface area contributed by atoms with Crippen molar-refractivity contribution in [1.82, 2.24) is 10.2 Å². The molecule has 2 atom stereocenters. The van der Waals surface area contributed by atoms with E-state index in [1.165, 1.54) is 11.1 Å². The van der Waals surface area contributed by atoms with E-state index in [1.54, 1.807) is 0 Å². The molecule has 2 rings (SSSR count). The van der Waals surface area contributed by atoms with Crippen molar-refractivity contribution in [3.8, 4) is 0 Å². The van der Waals surface area contributed by atoms with E-state index in [0.717, 1.165) is 39.0 Å². The lowest BCUT2D eigenvalue weighted by molar-refractivity contribution is -0.124. The monoisotopic (exact) mass is 360 g/mol. The largest absolute Gasteiger partial charge is 0.378 e. The Labute approximate surface area is 159 Å². The Morgan fingerprint density at radius 3 is 2.62 bits per heavy atom. The predicted octanol–water partition coefficient (Wildman–Crippen LogP) is 3.53. The quantitative estimate of drug-likeness (QED) is 0.721. The van der Waals surface area contributed by atoms with E-state index < -0.39 is 0 Å². The van der Waals surface area contributed by atoms with Gasteiger partial charge in [0.1, 0.15) is 0 Å². The highest BCUT2D eigenvalue weighted by Crippen LogP contribution is 2.42. The zero-order valence-corrected chi connectivity index (χ0v) is 17.2. The Hall–Kier alpha value is -1.39. The molecule has 1 aliphatic heterocycles. The Morgan fingerprint density at radius 1 is 1.31 bits per heavy atom. The minimum Gasteiger partial charge on any atom is -0.378 e. The highest BCUT2D eigenvalue weighted by Gasteiger charge is 2.41. The number of aryl methyl sites for hydroxylation is 1. The first kappa shape index (κ1) is 20.9. The number of hydrogen-bond acceptors (Lipinski definition) is 3. The maximum atomic E-state index is 12.7. The van der Waals surface area contributed by atoms with Crippen LogP contribution in [0.2, 0.25) is 0 Å². The molecule has 4 nitrogen and oxygen atoms in total. The second kappa shape index (κ2) is 9.52. The average Bonchev–Trinajstić information content (AvgIpc) is 2.59. The van der Waals surface area contributed by atoms with E-state index in [-0.39, 0.29) is 17.4 Å². The number of carbonyl (C=O) groups excluding carboxylic acids is 1. The molecule has 1 saturated heterocycles. The molecule has 0 saturated carbocycles. The third-order valence-corrected chi connectivity index (χ3v) is 5.52. The minimum absolute atomic E-state index is 0.119. The summed E-state index contributed by atoms with van der Waals surface area (Å²) in [5, 5.41) is 3.13. The summed E-state index contributed by atoms with van der Waals surface area (Å²) in [5.74, 6) is 0.622. The van der Waals surface area contributed by atoms with Gasteiger partial charge in [-0.15, -0.1) is 0 Å². The maximum Gasteiger partial charge on any atom is 0.220 e. The van der Waals surface area contributed by atoms with Crippen molar-refractivity contribution in [2.75, 3.05) is 33.8 Å². The van der Waals surface area contributed by atoms with Crippen LogP contribution in [0.4, 0.5) is 0 Å². The number of nitrogens with one attached hydrogen (secondary N) is 1. The van der Waals surface area contributed by atoms with Gasteiger partial charge in [-0.25, -0.2) is 0 Å². The van der Waals surface area contributed by atoms with E-state index in [4.69, 9.17) is 4.74 Å². The van der Waals surface area contributed by atoms with Crippen molar-refractivity contribution in [2.45, 2.75) is 58.0 Å². The van der Waals surface area contributed by atoms with E-state index in [1.807, 2.05) is 0 Å². The van der Waals surface area contributed by atoms with E-state index in [9.17, 15) is 4.79 Å². The summed E-state index contributed by atoms with van der Waals surface area (Å²) in [6, 6.07) is 8.73. The Balaban J connectivity index is 2.10. The maximum absolute atomic E-state index is 12.7. The van der Waals surface area contributed by atoms with Gasteiger partial charge in [0, 0.05) is 25.0 Å². The zero-order valence-electron chi connectivity index (χ0n) is 17.2. The summed E-state index contributed by atoms with van der Waals surface area (Å²) in [6.45, 7) is 8.98. The average molecular weight is 361 g/mol. The fraction of sp³-hybridized carbons (Fsp3) is 0.682. The van der Waals surface area contributed by atoms with Crippen LogP contribution in [0.1, 0.15) is 50.7 Å². The summed E-state index contributed by atoms with van der Waals surface area (Å²) in [5.41, 5.74) is 2.41. The van der Waals surface area contributed by atoms with Crippen LogP contribution in [0.3, 0.4) is 0 Å². The fourth-order valence-electron chi connectivity index (χ4n) is 3.80. The SMILES string of the molecule is Cc1ccc([C@@]2(CC(=O)NCCCN(C)C)CCO[C@@H](C(C)C)C2)cc1. The van der Waals surface area contributed by atoms with Crippen molar-refractivity contribution < 1.29 is 9.53 Å². The second-order valence-electron chi connectivity index (χ2n) is 8.44. The van der Waals surface area contributed by atoms with Gasteiger partial charge in [0.05, 0.1) is 6.10 Å². The van der Waals surface area contributed by atoms with Gasteiger partial charge < -0.3 is 15.0 Å². The fourth-order valence-corrected chi connectivity index (χ4v) is 3.80. The summed E-state index contributed by atoms with van der Waals surface area (Å²) in [7, 11) is 4.12. The lowest BCUT2D eigenvalue weighted by atomic mass is 9.68. The molecule has 26 heavy (non-hydrogen) atoms. The number of ether oxygens (including phenoxy) is 1. The first-order chi connectivity index (χ1) is 12.3. The number of rotatable bonds is 8. The molecule has 0 aliphatic carbocycles. The van der Waals surface area contributed by atoms with Gasteiger partial charge in [-0.2, -0.15) is 0 Å². The highest BCUT2D eigenvalue weighted by molar-refractivity contribution is 5.77. The molecule has 1 N–H and O–H groups in total. The van der Waals surface area contributed by atoms with E-state index in [2.05, 4.69) is 69.3 Å². The van der Waals surface area contributed by atoms with Crippen LogP contribution in [-0.4, -0.2) is 50.7 Å². The molecular formula is C22H36N2O2. The predicted molar refractivity (Wildman–Crippen MR) is 107 cm³/mol.